The number of H-pyrrole nitrogens is 1. The normalized spacial score (nSPS) is 14.8. The van der Waals surface area contributed by atoms with Crippen LogP contribution in [0.3, 0.4) is 0 Å². The monoisotopic (exact) mass is 318 g/mol. The highest BCUT2D eigenvalue weighted by Gasteiger charge is 2.26. The third-order valence-electron chi connectivity index (χ3n) is 4.67. The quantitative estimate of drug-likeness (QED) is 0.799. The molecule has 4 rings (SSSR count). The van der Waals surface area contributed by atoms with Gasteiger partial charge >= 0.3 is 0 Å². The molecule has 1 aliphatic carbocycles. The van der Waals surface area contributed by atoms with Crippen molar-refractivity contribution in [2.75, 3.05) is 4.90 Å². The van der Waals surface area contributed by atoms with Crippen molar-refractivity contribution in [3.05, 3.63) is 47.9 Å². The van der Waals surface area contributed by atoms with Crippen LogP contribution in [0, 0.1) is 11.3 Å². The second kappa shape index (κ2) is 6.28. The van der Waals surface area contributed by atoms with Crippen LogP contribution in [0.4, 0.5) is 5.82 Å². The lowest BCUT2D eigenvalue weighted by atomic mass is 10.1. The topological polar surface area (TPSA) is 81.5 Å². The SMILES string of the molecule is N#Cc1cccc(CN(c2ncnc3[nH]ncc23)C2CCCC2)c1. The van der Waals surface area contributed by atoms with E-state index in [9.17, 15) is 0 Å². The first-order valence-corrected chi connectivity index (χ1v) is 8.25. The molecule has 0 aliphatic heterocycles. The van der Waals surface area contributed by atoms with Crippen LogP contribution >= 0.6 is 0 Å². The number of benzene rings is 1. The van der Waals surface area contributed by atoms with Crippen LogP contribution < -0.4 is 4.90 Å². The van der Waals surface area contributed by atoms with E-state index in [0.29, 0.717) is 11.6 Å². The molecule has 1 saturated carbocycles. The van der Waals surface area contributed by atoms with Gasteiger partial charge in [-0.25, -0.2) is 9.97 Å². The molecule has 6 nitrogen and oxygen atoms in total. The summed E-state index contributed by atoms with van der Waals surface area (Å²) in [4.78, 5) is 11.1. The minimum atomic E-state index is 0.462. The number of nitrogens with zero attached hydrogens (tertiary/aromatic N) is 5. The van der Waals surface area contributed by atoms with Gasteiger partial charge in [-0.15, -0.1) is 0 Å². The van der Waals surface area contributed by atoms with Gasteiger partial charge in [0.25, 0.3) is 0 Å². The van der Waals surface area contributed by atoms with Crippen LogP contribution in [0.15, 0.2) is 36.8 Å². The zero-order valence-electron chi connectivity index (χ0n) is 13.3. The number of nitriles is 1. The Labute approximate surface area is 140 Å². The Kier molecular flexibility index (Phi) is 3.83. The average Bonchev–Trinajstić information content (AvgIpc) is 3.31. The molecule has 1 aromatic carbocycles. The van der Waals surface area contributed by atoms with Crippen molar-refractivity contribution in [3.8, 4) is 6.07 Å². The molecule has 1 fully saturated rings. The lowest BCUT2D eigenvalue weighted by Crippen LogP contribution is -2.33. The van der Waals surface area contributed by atoms with E-state index in [1.54, 1.807) is 12.5 Å². The van der Waals surface area contributed by atoms with E-state index in [-0.39, 0.29) is 0 Å². The van der Waals surface area contributed by atoms with Crippen LogP contribution in [-0.2, 0) is 6.54 Å². The summed E-state index contributed by atoms with van der Waals surface area (Å²) in [6, 6.07) is 10.5. The summed E-state index contributed by atoms with van der Waals surface area (Å²) in [6.45, 7) is 0.734. The van der Waals surface area contributed by atoms with Crippen LogP contribution in [0.2, 0.25) is 0 Å². The number of hydrogen-bond donors (Lipinski definition) is 1. The van der Waals surface area contributed by atoms with Crippen LogP contribution in [0.25, 0.3) is 11.0 Å². The average molecular weight is 318 g/mol. The van der Waals surface area contributed by atoms with Gasteiger partial charge in [-0.05, 0) is 30.5 Å². The van der Waals surface area contributed by atoms with Crippen molar-refractivity contribution in [3.63, 3.8) is 0 Å². The summed E-state index contributed by atoms with van der Waals surface area (Å²) in [6.07, 6.45) is 8.21. The highest BCUT2D eigenvalue weighted by Crippen LogP contribution is 2.31. The first kappa shape index (κ1) is 14.6. The molecule has 2 heterocycles. The highest BCUT2D eigenvalue weighted by atomic mass is 15.2. The summed E-state index contributed by atoms with van der Waals surface area (Å²) in [5.41, 5.74) is 2.57. The number of aromatic amines is 1. The summed E-state index contributed by atoms with van der Waals surface area (Å²) in [5, 5.41) is 17.1. The summed E-state index contributed by atoms with van der Waals surface area (Å²) in [5.74, 6) is 0.919. The first-order chi connectivity index (χ1) is 11.8. The van der Waals surface area contributed by atoms with Gasteiger partial charge in [-0.2, -0.15) is 10.4 Å². The van der Waals surface area contributed by atoms with E-state index < -0.39 is 0 Å². The fraction of sp³-hybridized carbons (Fsp3) is 0.333. The van der Waals surface area contributed by atoms with Crippen molar-refractivity contribution < 1.29 is 0 Å². The molecule has 6 heteroatoms. The standard InChI is InChI=1S/C18H18N6/c19-9-13-4-3-5-14(8-13)11-24(15-6-1-2-7-15)18-16-10-22-23-17(16)20-12-21-18/h3-5,8,10,12,15H,1-2,6-7,11H2,(H,20,21,22,23). The number of anilines is 1. The Balaban J connectivity index is 1.74. The Bertz CT molecular complexity index is 888. The van der Waals surface area contributed by atoms with Crippen molar-refractivity contribution in [2.24, 2.45) is 0 Å². The molecule has 1 aliphatic rings. The molecular formula is C18H18N6. The minimum Gasteiger partial charge on any atom is -0.349 e. The number of aromatic nitrogens is 4. The van der Waals surface area contributed by atoms with Gasteiger partial charge in [0.2, 0.25) is 0 Å². The zero-order chi connectivity index (χ0) is 16.4. The summed E-state index contributed by atoms with van der Waals surface area (Å²) < 4.78 is 0. The molecule has 0 amide bonds. The van der Waals surface area contributed by atoms with Gasteiger partial charge in [0.05, 0.1) is 23.2 Å². The van der Waals surface area contributed by atoms with Crippen molar-refractivity contribution in [2.45, 2.75) is 38.3 Å². The van der Waals surface area contributed by atoms with E-state index in [1.165, 1.54) is 25.7 Å². The van der Waals surface area contributed by atoms with Gasteiger partial charge in [-0.3, -0.25) is 5.10 Å². The van der Waals surface area contributed by atoms with E-state index in [2.05, 4.69) is 37.2 Å². The van der Waals surface area contributed by atoms with E-state index in [0.717, 1.165) is 29.0 Å². The van der Waals surface area contributed by atoms with Crippen LogP contribution in [0.1, 0.15) is 36.8 Å². The van der Waals surface area contributed by atoms with E-state index >= 15 is 0 Å². The predicted molar refractivity (Wildman–Crippen MR) is 91.3 cm³/mol. The number of fused-ring (bicyclic) bond motifs is 1. The maximum atomic E-state index is 9.14. The third kappa shape index (κ3) is 2.69. The molecule has 120 valence electrons. The zero-order valence-corrected chi connectivity index (χ0v) is 13.3. The van der Waals surface area contributed by atoms with Gasteiger partial charge in [0, 0.05) is 12.6 Å². The molecule has 24 heavy (non-hydrogen) atoms. The molecule has 1 N–H and O–H groups in total. The van der Waals surface area contributed by atoms with Crippen LogP contribution in [0.5, 0.6) is 0 Å². The molecule has 2 aromatic heterocycles. The smallest absolute Gasteiger partial charge is 0.160 e. The largest absolute Gasteiger partial charge is 0.349 e. The molecule has 0 saturated heterocycles. The van der Waals surface area contributed by atoms with Gasteiger partial charge in [0.15, 0.2) is 5.65 Å². The third-order valence-corrected chi connectivity index (χ3v) is 4.67. The molecule has 3 aromatic rings. The number of rotatable bonds is 4. The minimum absolute atomic E-state index is 0.462. The second-order valence-electron chi connectivity index (χ2n) is 6.21. The van der Waals surface area contributed by atoms with Crippen molar-refractivity contribution in [1.82, 2.24) is 20.2 Å². The van der Waals surface area contributed by atoms with Crippen LogP contribution in [-0.4, -0.2) is 26.2 Å². The predicted octanol–water partition coefficient (Wildman–Crippen LogP) is 3.17. The van der Waals surface area contributed by atoms with Gasteiger partial charge < -0.3 is 4.90 Å². The van der Waals surface area contributed by atoms with Gasteiger partial charge in [0.1, 0.15) is 12.1 Å². The summed E-state index contributed by atoms with van der Waals surface area (Å²) >= 11 is 0. The lowest BCUT2D eigenvalue weighted by Gasteiger charge is -2.30. The summed E-state index contributed by atoms with van der Waals surface area (Å²) in [7, 11) is 0. The Morgan fingerprint density at radius 2 is 2.12 bits per heavy atom. The second-order valence-corrected chi connectivity index (χ2v) is 6.21. The van der Waals surface area contributed by atoms with Crippen molar-refractivity contribution >= 4 is 16.9 Å². The van der Waals surface area contributed by atoms with E-state index in [1.807, 2.05) is 18.2 Å². The Morgan fingerprint density at radius 1 is 1.25 bits per heavy atom. The highest BCUT2D eigenvalue weighted by molar-refractivity contribution is 5.86. The first-order valence-electron chi connectivity index (χ1n) is 8.25. The fourth-order valence-corrected chi connectivity index (χ4v) is 3.51. The van der Waals surface area contributed by atoms with Gasteiger partial charge in [-0.1, -0.05) is 25.0 Å². The molecular weight excluding hydrogens is 300 g/mol. The number of hydrogen-bond acceptors (Lipinski definition) is 5. The maximum absolute atomic E-state index is 9.14. The molecule has 0 spiro atoms. The molecule has 0 unspecified atom stereocenters. The fourth-order valence-electron chi connectivity index (χ4n) is 3.51. The molecule has 0 radical (unpaired) electrons. The molecule has 0 bridgehead atoms. The molecule has 0 atom stereocenters. The number of nitrogens with one attached hydrogen (secondary N) is 1. The lowest BCUT2D eigenvalue weighted by molar-refractivity contribution is 0.599. The Hall–Kier alpha value is -2.94. The van der Waals surface area contributed by atoms with E-state index in [4.69, 9.17) is 5.26 Å². The maximum Gasteiger partial charge on any atom is 0.160 e. The van der Waals surface area contributed by atoms with Crippen molar-refractivity contribution in [1.29, 1.82) is 5.26 Å². The Morgan fingerprint density at radius 3 is 2.96 bits per heavy atom.